The maximum atomic E-state index is 12.0. The van der Waals surface area contributed by atoms with E-state index in [0.717, 1.165) is 26.1 Å². The lowest BCUT2D eigenvalue weighted by Crippen LogP contribution is -2.41. The summed E-state index contributed by atoms with van der Waals surface area (Å²) in [5.74, 6) is 0.766. The summed E-state index contributed by atoms with van der Waals surface area (Å²) in [7, 11) is 0. The Kier molecular flexibility index (Phi) is 5.39. The number of amides is 1. The van der Waals surface area contributed by atoms with Crippen LogP contribution in [0.25, 0.3) is 0 Å². The lowest BCUT2D eigenvalue weighted by atomic mass is 9.97. The third-order valence-electron chi connectivity index (χ3n) is 3.56. The van der Waals surface area contributed by atoms with Crippen molar-refractivity contribution in [2.24, 2.45) is 5.92 Å². The van der Waals surface area contributed by atoms with Gasteiger partial charge in [-0.1, -0.05) is 0 Å². The maximum Gasteiger partial charge on any atom is 0.224 e. The van der Waals surface area contributed by atoms with Gasteiger partial charge in [0.25, 0.3) is 0 Å². The van der Waals surface area contributed by atoms with E-state index in [4.69, 9.17) is 4.74 Å². The van der Waals surface area contributed by atoms with Gasteiger partial charge >= 0.3 is 0 Å². The van der Waals surface area contributed by atoms with Crippen molar-refractivity contribution in [3.05, 3.63) is 18.7 Å². The van der Waals surface area contributed by atoms with Crippen molar-refractivity contribution in [2.45, 2.75) is 32.7 Å². The Labute approximate surface area is 114 Å². The minimum atomic E-state index is 0.226. The van der Waals surface area contributed by atoms with Crippen molar-refractivity contribution < 1.29 is 9.53 Å². The van der Waals surface area contributed by atoms with E-state index in [0.29, 0.717) is 25.6 Å². The topological polar surface area (TPSA) is 47.4 Å². The minimum Gasteiger partial charge on any atom is -0.381 e. The summed E-state index contributed by atoms with van der Waals surface area (Å²) in [6.45, 7) is 5.88. The first-order valence-electron chi connectivity index (χ1n) is 7.11. The number of carbonyl (C=O) groups is 1. The van der Waals surface area contributed by atoms with E-state index < -0.39 is 0 Å². The number of rotatable bonds is 6. The molecule has 5 nitrogen and oxygen atoms in total. The Hall–Kier alpha value is -1.36. The van der Waals surface area contributed by atoms with Crippen molar-refractivity contribution in [1.29, 1.82) is 0 Å². The number of likely N-dealkylation sites (tertiary alicyclic amines) is 1. The molecule has 1 saturated heterocycles. The van der Waals surface area contributed by atoms with Gasteiger partial charge in [-0.25, -0.2) is 4.98 Å². The fraction of sp³-hybridized carbons (Fsp3) is 0.714. The van der Waals surface area contributed by atoms with E-state index in [1.165, 1.54) is 6.42 Å². The lowest BCUT2D eigenvalue weighted by molar-refractivity contribution is -0.134. The molecule has 1 aromatic heterocycles. The summed E-state index contributed by atoms with van der Waals surface area (Å²) >= 11 is 0. The van der Waals surface area contributed by atoms with Gasteiger partial charge in [0.2, 0.25) is 5.91 Å². The van der Waals surface area contributed by atoms with Gasteiger partial charge in [-0.2, -0.15) is 0 Å². The van der Waals surface area contributed by atoms with Crippen molar-refractivity contribution in [2.75, 3.05) is 26.3 Å². The van der Waals surface area contributed by atoms with Gasteiger partial charge in [0, 0.05) is 38.6 Å². The molecule has 0 unspecified atom stereocenters. The van der Waals surface area contributed by atoms with Crippen LogP contribution in [0.1, 0.15) is 26.2 Å². The van der Waals surface area contributed by atoms with Crippen LogP contribution >= 0.6 is 0 Å². The number of piperidine rings is 1. The number of hydrogen-bond donors (Lipinski definition) is 0. The Balaban J connectivity index is 1.78. The normalized spacial score (nSPS) is 19.6. The van der Waals surface area contributed by atoms with Crippen LogP contribution in [0.5, 0.6) is 0 Å². The van der Waals surface area contributed by atoms with Crippen LogP contribution < -0.4 is 0 Å². The first-order valence-corrected chi connectivity index (χ1v) is 7.11. The van der Waals surface area contributed by atoms with Crippen LogP contribution in [0.2, 0.25) is 0 Å². The van der Waals surface area contributed by atoms with Crippen LogP contribution in [-0.4, -0.2) is 46.7 Å². The highest BCUT2D eigenvalue weighted by atomic mass is 16.5. The third-order valence-corrected chi connectivity index (χ3v) is 3.56. The molecule has 1 amide bonds. The van der Waals surface area contributed by atoms with E-state index in [2.05, 4.69) is 9.55 Å². The second-order valence-corrected chi connectivity index (χ2v) is 5.05. The molecular formula is C14H23N3O2. The molecule has 0 bridgehead atoms. The summed E-state index contributed by atoms with van der Waals surface area (Å²) < 4.78 is 7.34. The molecule has 1 aromatic rings. The number of ether oxygens (including phenoxy) is 1. The Morgan fingerprint density at radius 1 is 1.53 bits per heavy atom. The SMILES string of the molecule is CCOCCC(=O)N1CCC[C@@H](Cn2ccnc2)C1. The second-order valence-electron chi connectivity index (χ2n) is 5.05. The van der Waals surface area contributed by atoms with Crippen molar-refractivity contribution >= 4 is 5.91 Å². The number of nitrogens with zero attached hydrogens (tertiary/aromatic N) is 3. The van der Waals surface area contributed by atoms with E-state index in [1.807, 2.05) is 24.3 Å². The highest BCUT2D eigenvalue weighted by Crippen LogP contribution is 2.18. The van der Waals surface area contributed by atoms with Crippen LogP contribution in [0.15, 0.2) is 18.7 Å². The van der Waals surface area contributed by atoms with E-state index in [-0.39, 0.29) is 5.91 Å². The average molecular weight is 265 g/mol. The molecule has 0 aliphatic carbocycles. The Bertz CT molecular complexity index is 378. The Morgan fingerprint density at radius 2 is 2.42 bits per heavy atom. The molecule has 1 aliphatic rings. The summed E-state index contributed by atoms with van der Waals surface area (Å²) in [4.78, 5) is 18.1. The molecule has 0 saturated carbocycles. The van der Waals surface area contributed by atoms with Gasteiger partial charge < -0.3 is 14.2 Å². The zero-order valence-corrected chi connectivity index (χ0v) is 11.6. The van der Waals surface area contributed by atoms with Gasteiger partial charge in [-0.05, 0) is 25.7 Å². The molecule has 0 N–H and O–H groups in total. The molecule has 0 spiro atoms. The molecular weight excluding hydrogens is 242 g/mol. The van der Waals surface area contributed by atoms with Crippen LogP contribution in [0.3, 0.4) is 0 Å². The molecule has 0 aromatic carbocycles. The monoisotopic (exact) mass is 265 g/mol. The van der Waals surface area contributed by atoms with Crippen LogP contribution in [0.4, 0.5) is 0 Å². The maximum absolute atomic E-state index is 12.0. The van der Waals surface area contributed by atoms with Crippen molar-refractivity contribution in [3.8, 4) is 0 Å². The van der Waals surface area contributed by atoms with Crippen molar-refractivity contribution in [1.82, 2.24) is 14.5 Å². The first kappa shape index (κ1) is 14.1. The smallest absolute Gasteiger partial charge is 0.224 e. The van der Waals surface area contributed by atoms with Gasteiger partial charge in [0.15, 0.2) is 0 Å². The van der Waals surface area contributed by atoms with Gasteiger partial charge in [-0.3, -0.25) is 4.79 Å². The predicted molar refractivity (Wildman–Crippen MR) is 72.6 cm³/mol. The molecule has 5 heteroatoms. The van der Waals surface area contributed by atoms with Gasteiger partial charge in [0.1, 0.15) is 0 Å². The molecule has 2 heterocycles. The highest BCUT2D eigenvalue weighted by Gasteiger charge is 2.23. The predicted octanol–water partition coefficient (Wildman–Crippen LogP) is 1.55. The van der Waals surface area contributed by atoms with E-state index in [9.17, 15) is 4.79 Å². The van der Waals surface area contributed by atoms with E-state index in [1.54, 1.807) is 6.20 Å². The lowest BCUT2D eigenvalue weighted by Gasteiger charge is -2.33. The number of imidazole rings is 1. The summed E-state index contributed by atoms with van der Waals surface area (Å²) in [5, 5.41) is 0. The summed E-state index contributed by atoms with van der Waals surface area (Å²) in [6.07, 6.45) is 8.42. The highest BCUT2D eigenvalue weighted by molar-refractivity contribution is 5.76. The fourth-order valence-electron chi connectivity index (χ4n) is 2.60. The molecule has 1 fully saturated rings. The zero-order valence-electron chi connectivity index (χ0n) is 11.6. The number of aromatic nitrogens is 2. The van der Waals surface area contributed by atoms with Gasteiger partial charge in [0.05, 0.1) is 19.4 Å². The van der Waals surface area contributed by atoms with Gasteiger partial charge in [-0.15, -0.1) is 0 Å². The number of hydrogen-bond acceptors (Lipinski definition) is 3. The second kappa shape index (κ2) is 7.28. The fourth-order valence-corrected chi connectivity index (χ4v) is 2.60. The minimum absolute atomic E-state index is 0.226. The largest absolute Gasteiger partial charge is 0.381 e. The van der Waals surface area contributed by atoms with E-state index >= 15 is 0 Å². The van der Waals surface area contributed by atoms with Crippen LogP contribution in [0, 0.1) is 5.92 Å². The van der Waals surface area contributed by atoms with Crippen LogP contribution in [-0.2, 0) is 16.1 Å². The Morgan fingerprint density at radius 3 is 3.16 bits per heavy atom. The molecule has 19 heavy (non-hydrogen) atoms. The first-order chi connectivity index (χ1) is 9.29. The quantitative estimate of drug-likeness (QED) is 0.733. The average Bonchev–Trinajstić information content (AvgIpc) is 2.92. The van der Waals surface area contributed by atoms with Crippen molar-refractivity contribution in [3.63, 3.8) is 0 Å². The standard InChI is InChI=1S/C14H23N3O2/c1-2-19-9-5-14(18)17-7-3-4-13(11-17)10-16-8-6-15-12-16/h6,8,12-13H,2-5,7,9-11H2,1H3/t13-/m0/s1. The third kappa shape index (κ3) is 4.35. The zero-order chi connectivity index (χ0) is 13.5. The number of carbonyl (C=O) groups excluding carboxylic acids is 1. The molecule has 0 radical (unpaired) electrons. The molecule has 106 valence electrons. The summed E-state index contributed by atoms with van der Waals surface area (Å²) in [5.41, 5.74) is 0. The molecule has 1 atom stereocenters. The molecule has 1 aliphatic heterocycles. The molecule has 2 rings (SSSR count). The summed E-state index contributed by atoms with van der Waals surface area (Å²) in [6, 6.07) is 0.